The second kappa shape index (κ2) is 7.27. The van der Waals surface area contributed by atoms with Gasteiger partial charge in [-0.05, 0) is 36.6 Å². The molecule has 0 amide bonds. The second-order valence-corrected chi connectivity index (χ2v) is 6.31. The van der Waals surface area contributed by atoms with Gasteiger partial charge in [0, 0.05) is 22.7 Å². The number of nitrogens with zero attached hydrogens (tertiary/aromatic N) is 2. The van der Waals surface area contributed by atoms with Crippen molar-refractivity contribution in [2.75, 3.05) is 5.32 Å². The molecule has 25 heavy (non-hydrogen) atoms. The molecule has 3 rings (SSSR count). The number of benzene rings is 1. The Hall–Kier alpha value is -2.99. The van der Waals surface area contributed by atoms with Crippen LogP contribution in [0.5, 0.6) is 0 Å². The van der Waals surface area contributed by atoms with Crippen molar-refractivity contribution in [3.63, 3.8) is 0 Å². The summed E-state index contributed by atoms with van der Waals surface area (Å²) in [7, 11) is 0. The summed E-state index contributed by atoms with van der Waals surface area (Å²) in [5.74, 6) is 0.684. The first kappa shape index (κ1) is 16.9. The number of pyridine rings is 1. The maximum absolute atomic E-state index is 9.81. The molecule has 0 fully saturated rings. The van der Waals surface area contributed by atoms with E-state index in [0.29, 0.717) is 17.1 Å². The minimum Gasteiger partial charge on any atom is -0.508 e. The number of thioether (sulfide) groups is 1. The Bertz CT molecular complexity index is 974. The molecule has 5 nitrogen and oxygen atoms in total. The first-order valence-electron chi connectivity index (χ1n) is 7.65. The summed E-state index contributed by atoms with van der Waals surface area (Å²) in [6.45, 7) is 9.55. The molecule has 6 heteroatoms. The van der Waals surface area contributed by atoms with Crippen LogP contribution in [0.1, 0.15) is 12.5 Å². The fraction of sp³-hybridized carbons (Fsp3) is 0.0526. The van der Waals surface area contributed by atoms with Gasteiger partial charge in [0.25, 0.3) is 0 Å². The minimum atomic E-state index is -0.00938. The van der Waals surface area contributed by atoms with Crippen molar-refractivity contribution < 1.29 is 5.11 Å². The molecule has 0 aliphatic rings. The van der Waals surface area contributed by atoms with Gasteiger partial charge in [-0.2, -0.15) is 5.10 Å². The molecule has 3 N–H and O–H groups in total. The fourth-order valence-corrected chi connectivity index (χ4v) is 2.89. The number of allylic oxidation sites excluding steroid dienone is 1. The Kier molecular flexibility index (Phi) is 4.90. The number of hydrogen-bond donors (Lipinski definition) is 3. The Balaban J connectivity index is 2.01. The predicted molar refractivity (Wildman–Crippen MR) is 106 cm³/mol. The number of anilines is 1. The van der Waals surface area contributed by atoms with E-state index in [0.717, 1.165) is 21.5 Å². The normalized spacial score (nSPS) is 11.1. The van der Waals surface area contributed by atoms with E-state index in [4.69, 9.17) is 0 Å². The van der Waals surface area contributed by atoms with Crippen LogP contribution in [0, 0.1) is 0 Å². The number of H-pyrrole nitrogens is 1. The molecule has 2 aromatic heterocycles. The molecular weight excluding hydrogens is 332 g/mol. The molecule has 0 unspecified atom stereocenters. The molecule has 0 bridgehead atoms. The van der Waals surface area contributed by atoms with Crippen LogP contribution in [0.4, 0.5) is 5.82 Å². The Morgan fingerprint density at radius 1 is 1.32 bits per heavy atom. The van der Waals surface area contributed by atoms with Crippen LogP contribution in [0.25, 0.3) is 27.9 Å². The van der Waals surface area contributed by atoms with Crippen LogP contribution in [0.15, 0.2) is 66.2 Å². The number of hydrogen-bond acceptors (Lipinski definition) is 5. The van der Waals surface area contributed by atoms with Gasteiger partial charge < -0.3 is 10.4 Å². The minimum absolute atomic E-state index is 0.00938. The topological polar surface area (TPSA) is 73.8 Å². The van der Waals surface area contributed by atoms with Crippen LogP contribution in [-0.2, 0) is 0 Å². The van der Waals surface area contributed by atoms with Gasteiger partial charge in [0.1, 0.15) is 5.76 Å². The zero-order valence-corrected chi connectivity index (χ0v) is 14.6. The SMILES string of the molecule is C=C(Nc1n[nH]c2ccc(-c3ncccc3C(=C)O)cc12)S/C=C\C. The van der Waals surface area contributed by atoms with Gasteiger partial charge in [-0.3, -0.25) is 10.1 Å². The lowest BCUT2D eigenvalue weighted by Crippen LogP contribution is -1.95. The molecule has 0 atom stereocenters. The zero-order chi connectivity index (χ0) is 17.8. The van der Waals surface area contributed by atoms with Crippen molar-refractivity contribution in [2.24, 2.45) is 0 Å². The number of fused-ring (bicyclic) bond motifs is 1. The highest BCUT2D eigenvalue weighted by Gasteiger charge is 2.12. The molecular formula is C19H18N4OS. The maximum Gasteiger partial charge on any atom is 0.160 e. The molecule has 0 aliphatic carbocycles. The Morgan fingerprint density at radius 3 is 2.92 bits per heavy atom. The number of nitrogens with one attached hydrogen (secondary N) is 2. The summed E-state index contributed by atoms with van der Waals surface area (Å²) in [6, 6.07) is 9.40. The third kappa shape index (κ3) is 3.59. The van der Waals surface area contributed by atoms with E-state index in [1.54, 1.807) is 18.3 Å². The predicted octanol–water partition coefficient (Wildman–Crippen LogP) is 5.30. The first-order chi connectivity index (χ1) is 12.1. The molecule has 0 saturated heterocycles. The average molecular weight is 350 g/mol. The van der Waals surface area contributed by atoms with E-state index in [1.165, 1.54) is 11.8 Å². The number of aliphatic hydroxyl groups is 1. The van der Waals surface area contributed by atoms with Gasteiger partial charge >= 0.3 is 0 Å². The highest BCUT2D eigenvalue weighted by atomic mass is 32.2. The lowest BCUT2D eigenvalue weighted by molar-refractivity contribution is 0.514. The largest absolute Gasteiger partial charge is 0.508 e. The van der Waals surface area contributed by atoms with Crippen LogP contribution >= 0.6 is 11.8 Å². The van der Waals surface area contributed by atoms with Crippen molar-refractivity contribution in [3.8, 4) is 11.3 Å². The summed E-state index contributed by atoms with van der Waals surface area (Å²) in [6.07, 6.45) is 3.64. The van der Waals surface area contributed by atoms with Crippen molar-refractivity contribution in [2.45, 2.75) is 6.92 Å². The molecule has 2 heterocycles. The van der Waals surface area contributed by atoms with E-state index < -0.39 is 0 Å². The standard InChI is InChI=1S/C19H18N4OS/c1-4-10-25-13(3)21-19-16-11-14(7-8-17(16)22-23-19)18-15(12(2)24)6-5-9-20-18/h4-11,24H,2-3H2,1H3,(H2,21,22,23)/b10-4-. The molecule has 126 valence electrons. The van der Waals surface area contributed by atoms with Gasteiger partial charge in [-0.1, -0.05) is 37.1 Å². The van der Waals surface area contributed by atoms with Crippen molar-refractivity contribution in [1.82, 2.24) is 15.2 Å². The van der Waals surface area contributed by atoms with Gasteiger partial charge in [0.15, 0.2) is 5.82 Å². The molecule has 0 radical (unpaired) electrons. The van der Waals surface area contributed by atoms with Crippen molar-refractivity contribution in [3.05, 3.63) is 71.8 Å². The van der Waals surface area contributed by atoms with Gasteiger partial charge in [0.05, 0.1) is 16.2 Å². The lowest BCUT2D eigenvalue weighted by Gasteiger charge is -2.08. The quantitative estimate of drug-likeness (QED) is 0.526. The summed E-state index contributed by atoms with van der Waals surface area (Å²) in [4.78, 5) is 4.39. The van der Waals surface area contributed by atoms with E-state index in [1.807, 2.05) is 36.6 Å². The summed E-state index contributed by atoms with van der Waals surface area (Å²) >= 11 is 1.49. The fourth-order valence-electron chi connectivity index (χ4n) is 2.44. The lowest BCUT2D eigenvalue weighted by atomic mass is 10.0. The van der Waals surface area contributed by atoms with Crippen LogP contribution < -0.4 is 5.32 Å². The highest BCUT2D eigenvalue weighted by molar-refractivity contribution is 8.05. The summed E-state index contributed by atoms with van der Waals surface area (Å²) in [5.41, 5.74) is 3.05. The smallest absolute Gasteiger partial charge is 0.160 e. The number of aromatic nitrogens is 3. The zero-order valence-electron chi connectivity index (χ0n) is 13.8. The van der Waals surface area contributed by atoms with Crippen LogP contribution in [0.2, 0.25) is 0 Å². The third-order valence-corrected chi connectivity index (χ3v) is 4.35. The third-order valence-electron chi connectivity index (χ3n) is 3.56. The second-order valence-electron chi connectivity index (χ2n) is 5.31. The van der Waals surface area contributed by atoms with Gasteiger partial charge in [-0.25, -0.2) is 0 Å². The average Bonchev–Trinajstić information content (AvgIpc) is 3.02. The first-order valence-corrected chi connectivity index (χ1v) is 8.53. The van der Waals surface area contributed by atoms with Gasteiger partial charge in [-0.15, -0.1) is 0 Å². The Morgan fingerprint density at radius 2 is 2.16 bits per heavy atom. The van der Waals surface area contributed by atoms with E-state index in [-0.39, 0.29) is 5.76 Å². The Labute approximate surface area is 150 Å². The highest BCUT2D eigenvalue weighted by Crippen LogP contribution is 2.31. The van der Waals surface area contributed by atoms with Crippen LogP contribution in [-0.4, -0.2) is 20.3 Å². The number of aliphatic hydroxyl groups excluding tert-OH is 1. The van der Waals surface area contributed by atoms with Crippen LogP contribution in [0.3, 0.4) is 0 Å². The summed E-state index contributed by atoms with van der Waals surface area (Å²) in [5, 5.41) is 24.0. The van der Waals surface area contributed by atoms with E-state index in [2.05, 4.69) is 33.7 Å². The molecule has 0 saturated carbocycles. The monoisotopic (exact) mass is 350 g/mol. The number of aromatic amines is 1. The molecule has 1 aromatic carbocycles. The summed E-state index contributed by atoms with van der Waals surface area (Å²) < 4.78 is 0. The van der Waals surface area contributed by atoms with E-state index >= 15 is 0 Å². The van der Waals surface area contributed by atoms with Crippen molar-refractivity contribution in [1.29, 1.82) is 0 Å². The molecule has 3 aromatic rings. The van der Waals surface area contributed by atoms with E-state index in [9.17, 15) is 5.11 Å². The van der Waals surface area contributed by atoms with Crippen molar-refractivity contribution >= 4 is 34.2 Å². The molecule has 0 spiro atoms. The number of rotatable bonds is 6. The maximum atomic E-state index is 9.81. The van der Waals surface area contributed by atoms with Gasteiger partial charge in [0.2, 0.25) is 0 Å². The molecule has 0 aliphatic heterocycles.